The fourth-order valence-electron chi connectivity index (χ4n) is 3.08. The van der Waals surface area contributed by atoms with Crippen LogP contribution in [0.25, 0.3) is 0 Å². The maximum absolute atomic E-state index is 12.4. The highest BCUT2D eigenvalue weighted by Gasteiger charge is 2.19. The van der Waals surface area contributed by atoms with Gasteiger partial charge in [-0.25, -0.2) is 9.97 Å². The summed E-state index contributed by atoms with van der Waals surface area (Å²) in [4.78, 5) is 32.6. The predicted octanol–water partition coefficient (Wildman–Crippen LogP) is 3.58. The minimum atomic E-state index is -0.659. The van der Waals surface area contributed by atoms with Gasteiger partial charge in [0.05, 0.1) is 0 Å². The molecule has 0 unspecified atom stereocenters. The first-order valence-electron chi connectivity index (χ1n) is 8.71. The van der Waals surface area contributed by atoms with E-state index in [9.17, 15) is 9.59 Å². The van der Waals surface area contributed by atoms with E-state index in [4.69, 9.17) is 4.74 Å². The maximum atomic E-state index is 12.4. The molecule has 1 aliphatic rings. The molecule has 2 aromatic carbocycles. The van der Waals surface area contributed by atoms with Crippen molar-refractivity contribution in [2.75, 3.05) is 5.32 Å². The van der Waals surface area contributed by atoms with Crippen molar-refractivity contribution in [1.29, 1.82) is 0 Å². The summed E-state index contributed by atoms with van der Waals surface area (Å²) in [6.45, 7) is 0. The lowest BCUT2D eigenvalue weighted by atomic mass is 10.0. The van der Waals surface area contributed by atoms with Crippen molar-refractivity contribution in [2.45, 2.75) is 19.3 Å². The number of hydrogen-bond donors (Lipinski definition) is 1. The van der Waals surface area contributed by atoms with E-state index in [2.05, 4.69) is 15.3 Å². The average Bonchev–Trinajstić information content (AvgIpc) is 3.17. The Morgan fingerprint density at radius 1 is 0.926 bits per heavy atom. The molecule has 1 amide bonds. The molecule has 1 aromatic heterocycles. The fraction of sp³-hybridized carbons (Fsp3) is 0.143. The van der Waals surface area contributed by atoms with E-state index < -0.39 is 11.7 Å². The van der Waals surface area contributed by atoms with Crippen molar-refractivity contribution >= 4 is 17.4 Å². The third-order valence-corrected chi connectivity index (χ3v) is 4.43. The first-order chi connectivity index (χ1) is 13.2. The molecule has 1 aliphatic carbocycles. The second-order valence-corrected chi connectivity index (χ2v) is 6.28. The first-order valence-corrected chi connectivity index (χ1v) is 8.71. The molecule has 1 N–H and O–H groups in total. The van der Waals surface area contributed by atoms with Crippen LogP contribution in [-0.4, -0.2) is 21.7 Å². The van der Waals surface area contributed by atoms with Crippen LogP contribution in [0.4, 0.5) is 5.69 Å². The molecule has 0 bridgehead atoms. The summed E-state index contributed by atoms with van der Waals surface area (Å²) < 4.78 is 5.50. The smallest absolute Gasteiger partial charge is 0.321 e. The van der Waals surface area contributed by atoms with E-state index >= 15 is 0 Å². The van der Waals surface area contributed by atoms with Crippen LogP contribution in [0.1, 0.15) is 27.9 Å². The number of carbonyl (C=O) groups excluding carboxylic acids is 2. The summed E-state index contributed by atoms with van der Waals surface area (Å²) in [6, 6.07) is 14.1. The molecule has 0 fully saturated rings. The molecular formula is C21H17N3O3. The molecule has 4 rings (SSSR count). The molecule has 0 aliphatic heterocycles. The quantitative estimate of drug-likeness (QED) is 0.556. The standard InChI is InChI=1S/C21H17N3O3/c25-19(16-6-5-14-3-1-4-15(14)13-16)20(26)24-17-7-9-18(10-8-17)27-21-22-11-2-12-23-21/h2,5-13H,1,3-4H2,(H,24,26). The van der Waals surface area contributed by atoms with Gasteiger partial charge in [0.1, 0.15) is 5.75 Å². The van der Waals surface area contributed by atoms with E-state index in [1.54, 1.807) is 48.8 Å². The van der Waals surface area contributed by atoms with Gasteiger partial charge < -0.3 is 10.1 Å². The van der Waals surface area contributed by atoms with Crippen LogP contribution in [0.15, 0.2) is 60.9 Å². The number of ether oxygens (including phenoxy) is 1. The SMILES string of the molecule is O=C(Nc1ccc(Oc2ncccn2)cc1)C(=O)c1ccc2c(c1)CCC2. The monoisotopic (exact) mass is 359 g/mol. The molecule has 3 aromatic rings. The van der Waals surface area contributed by atoms with Crippen molar-refractivity contribution in [3.05, 3.63) is 77.6 Å². The van der Waals surface area contributed by atoms with Crippen molar-refractivity contribution in [2.24, 2.45) is 0 Å². The molecular weight excluding hydrogens is 342 g/mol. The van der Waals surface area contributed by atoms with E-state index in [1.165, 1.54) is 11.1 Å². The summed E-state index contributed by atoms with van der Waals surface area (Å²) >= 11 is 0. The van der Waals surface area contributed by atoms with Crippen molar-refractivity contribution in [1.82, 2.24) is 9.97 Å². The number of anilines is 1. The van der Waals surface area contributed by atoms with Gasteiger partial charge in [-0.1, -0.05) is 12.1 Å². The topological polar surface area (TPSA) is 81.2 Å². The Hall–Kier alpha value is -3.54. The number of amides is 1. The van der Waals surface area contributed by atoms with Gasteiger partial charge in [-0.05, 0) is 66.8 Å². The van der Waals surface area contributed by atoms with Crippen LogP contribution in [-0.2, 0) is 17.6 Å². The van der Waals surface area contributed by atoms with Crippen LogP contribution in [0.3, 0.4) is 0 Å². The summed E-state index contributed by atoms with van der Waals surface area (Å²) in [5.74, 6) is -0.667. The van der Waals surface area contributed by atoms with Crippen molar-refractivity contribution in [3.8, 4) is 11.8 Å². The molecule has 0 radical (unpaired) electrons. The zero-order valence-electron chi connectivity index (χ0n) is 14.5. The zero-order chi connectivity index (χ0) is 18.6. The number of benzene rings is 2. The lowest BCUT2D eigenvalue weighted by Crippen LogP contribution is -2.23. The van der Waals surface area contributed by atoms with Crippen LogP contribution in [0, 0.1) is 0 Å². The van der Waals surface area contributed by atoms with E-state index in [0.717, 1.165) is 19.3 Å². The number of aryl methyl sites for hydroxylation is 2. The van der Waals surface area contributed by atoms with E-state index in [-0.39, 0.29) is 6.01 Å². The van der Waals surface area contributed by atoms with Crippen LogP contribution in [0.2, 0.25) is 0 Å². The minimum absolute atomic E-state index is 0.237. The Morgan fingerprint density at radius 2 is 1.67 bits per heavy atom. The Bertz CT molecular complexity index is 985. The number of rotatable bonds is 5. The lowest BCUT2D eigenvalue weighted by Gasteiger charge is -2.07. The van der Waals surface area contributed by atoms with Crippen LogP contribution >= 0.6 is 0 Å². The molecule has 134 valence electrons. The number of carbonyl (C=O) groups is 2. The van der Waals surface area contributed by atoms with Gasteiger partial charge in [-0.2, -0.15) is 0 Å². The lowest BCUT2D eigenvalue weighted by molar-refractivity contribution is -0.112. The number of nitrogens with zero attached hydrogens (tertiary/aromatic N) is 2. The highest BCUT2D eigenvalue weighted by molar-refractivity contribution is 6.46. The van der Waals surface area contributed by atoms with Gasteiger partial charge in [0.2, 0.25) is 0 Å². The Kier molecular flexibility index (Phi) is 4.61. The molecule has 0 spiro atoms. The fourth-order valence-corrected chi connectivity index (χ4v) is 3.08. The normalized spacial score (nSPS) is 12.3. The van der Waals surface area contributed by atoms with Crippen molar-refractivity contribution in [3.63, 3.8) is 0 Å². The molecule has 0 atom stereocenters. The maximum Gasteiger partial charge on any atom is 0.321 e. The number of fused-ring (bicyclic) bond motifs is 1. The van der Waals surface area contributed by atoms with Crippen LogP contribution < -0.4 is 10.1 Å². The number of Topliss-reactive ketones (excluding diaryl/α,β-unsaturated/α-hetero) is 1. The minimum Gasteiger partial charge on any atom is -0.424 e. The van der Waals surface area contributed by atoms with E-state index in [0.29, 0.717) is 17.0 Å². The second kappa shape index (κ2) is 7.37. The second-order valence-electron chi connectivity index (χ2n) is 6.28. The van der Waals surface area contributed by atoms with Gasteiger partial charge in [0, 0.05) is 23.6 Å². The Balaban J connectivity index is 1.41. The Labute approximate surface area is 156 Å². The highest BCUT2D eigenvalue weighted by Crippen LogP contribution is 2.23. The molecule has 6 heteroatoms. The van der Waals surface area contributed by atoms with Crippen molar-refractivity contribution < 1.29 is 14.3 Å². The summed E-state index contributed by atoms with van der Waals surface area (Å²) in [5.41, 5.74) is 3.37. The van der Waals surface area contributed by atoms with Gasteiger partial charge in [-0.3, -0.25) is 9.59 Å². The zero-order valence-corrected chi connectivity index (χ0v) is 14.5. The largest absolute Gasteiger partial charge is 0.424 e. The van der Waals surface area contributed by atoms with E-state index in [1.807, 2.05) is 12.1 Å². The molecule has 1 heterocycles. The summed E-state index contributed by atoms with van der Waals surface area (Å²) in [7, 11) is 0. The summed E-state index contributed by atoms with van der Waals surface area (Å²) in [5, 5.41) is 2.62. The number of ketones is 1. The molecule has 27 heavy (non-hydrogen) atoms. The molecule has 0 saturated heterocycles. The molecule has 0 saturated carbocycles. The average molecular weight is 359 g/mol. The first kappa shape index (κ1) is 16.9. The van der Waals surface area contributed by atoms with Crippen LogP contribution in [0.5, 0.6) is 11.8 Å². The highest BCUT2D eigenvalue weighted by atomic mass is 16.5. The predicted molar refractivity (Wildman–Crippen MR) is 100.0 cm³/mol. The van der Waals surface area contributed by atoms with Gasteiger partial charge in [-0.15, -0.1) is 0 Å². The Morgan fingerprint density at radius 3 is 2.44 bits per heavy atom. The third-order valence-electron chi connectivity index (χ3n) is 4.43. The number of hydrogen-bond acceptors (Lipinski definition) is 5. The van der Waals surface area contributed by atoms with Gasteiger partial charge >= 0.3 is 6.01 Å². The third kappa shape index (κ3) is 3.84. The number of nitrogens with one attached hydrogen (secondary N) is 1. The van der Waals surface area contributed by atoms with Gasteiger partial charge in [0.15, 0.2) is 0 Å². The summed E-state index contributed by atoms with van der Waals surface area (Å²) in [6.07, 6.45) is 6.27. The number of aromatic nitrogens is 2. The van der Waals surface area contributed by atoms with Gasteiger partial charge in [0.25, 0.3) is 11.7 Å². The molecule has 6 nitrogen and oxygen atoms in total.